The van der Waals surface area contributed by atoms with Crippen LogP contribution in [-0.4, -0.2) is 31.1 Å². The average Bonchev–Trinajstić information content (AvgIpc) is 3.32. The molecule has 1 aliphatic rings. The fourth-order valence-electron chi connectivity index (χ4n) is 4.10. The molecule has 3 heterocycles. The second kappa shape index (κ2) is 7.97. The quantitative estimate of drug-likeness (QED) is 0.415. The van der Waals surface area contributed by atoms with Crippen LogP contribution < -0.4 is 0 Å². The van der Waals surface area contributed by atoms with Crippen LogP contribution in [0.1, 0.15) is 38.8 Å². The summed E-state index contributed by atoms with van der Waals surface area (Å²) in [6, 6.07) is 14.0. The number of hydrogen-bond donors (Lipinski definition) is 2. The van der Waals surface area contributed by atoms with E-state index in [-0.39, 0.29) is 11.7 Å². The number of amides is 1. The molecule has 0 spiro atoms. The number of carbonyl (C=O) groups excluding carboxylic acids is 1. The van der Waals surface area contributed by atoms with Gasteiger partial charge in [-0.1, -0.05) is 41.4 Å². The molecule has 1 aliphatic heterocycles. The highest BCUT2D eigenvalue weighted by Gasteiger charge is 2.42. The SMILES string of the molecule is Cc1cc(O)c(-c2n[nH]c3c2C(c2ccc(Cl)cc2)N(Cc2cccnc2)C3=O)cc1Cl. The van der Waals surface area contributed by atoms with Crippen molar-refractivity contribution < 1.29 is 9.90 Å². The largest absolute Gasteiger partial charge is 0.507 e. The molecule has 1 atom stereocenters. The summed E-state index contributed by atoms with van der Waals surface area (Å²) in [5, 5.41) is 19.0. The number of carbonyl (C=O) groups is 1. The van der Waals surface area contributed by atoms with E-state index in [1.165, 1.54) is 0 Å². The van der Waals surface area contributed by atoms with E-state index < -0.39 is 6.04 Å². The van der Waals surface area contributed by atoms with Crippen LogP contribution in [0.25, 0.3) is 11.3 Å². The van der Waals surface area contributed by atoms with E-state index in [1.54, 1.807) is 41.6 Å². The first-order chi connectivity index (χ1) is 15.4. The Morgan fingerprint density at radius 1 is 1.16 bits per heavy atom. The van der Waals surface area contributed by atoms with Gasteiger partial charge in [-0.15, -0.1) is 0 Å². The molecular formula is C24H18Cl2N4O2. The predicted octanol–water partition coefficient (Wildman–Crippen LogP) is 5.54. The van der Waals surface area contributed by atoms with Gasteiger partial charge in [-0.25, -0.2) is 0 Å². The van der Waals surface area contributed by atoms with Crippen LogP contribution in [0.15, 0.2) is 60.9 Å². The number of rotatable bonds is 4. The number of nitrogens with one attached hydrogen (secondary N) is 1. The van der Waals surface area contributed by atoms with Crippen LogP contribution >= 0.6 is 23.2 Å². The van der Waals surface area contributed by atoms with E-state index in [0.717, 1.165) is 16.7 Å². The Labute approximate surface area is 194 Å². The van der Waals surface area contributed by atoms with Crippen molar-refractivity contribution in [3.05, 3.63) is 98.9 Å². The van der Waals surface area contributed by atoms with Gasteiger partial charge in [0.1, 0.15) is 17.1 Å². The zero-order valence-corrected chi connectivity index (χ0v) is 18.5. The Hall–Kier alpha value is -3.35. The van der Waals surface area contributed by atoms with Gasteiger partial charge in [0.05, 0.1) is 6.04 Å². The maximum atomic E-state index is 13.4. The Morgan fingerprint density at radius 2 is 1.94 bits per heavy atom. The number of aromatic nitrogens is 3. The van der Waals surface area contributed by atoms with Crippen molar-refractivity contribution in [1.29, 1.82) is 0 Å². The van der Waals surface area contributed by atoms with Gasteiger partial charge in [0.15, 0.2) is 0 Å². The van der Waals surface area contributed by atoms with Crippen LogP contribution in [0, 0.1) is 6.92 Å². The third-order valence-electron chi connectivity index (χ3n) is 5.66. The minimum Gasteiger partial charge on any atom is -0.507 e. The minimum atomic E-state index is -0.428. The number of phenolic OH excluding ortho intramolecular Hbond substituents is 1. The number of aryl methyl sites for hydroxylation is 1. The van der Waals surface area contributed by atoms with Crippen molar-refractivity contribution in [2.75, 3.05) is 0 Å². The summed E-state index contributed by atoms with van der Waals surface area (Å²) < 4.78 is 0. The molecule has 6 nitrogen and oxygen atoms in total. The smallest absolute Gasteiger partial charge is 0.273 e. The molecule has 1 amide bonds. The lowest BCUT2D eigenvalue weighted by molar-refractivity contribution is 0.0730. The number of benzene rings is 2. The lowest BCUT2D eigenvalue weighted by Crippen LogP contribution is -2.29. The van der Waals surface area contributed by atoms with Crippen molar-refractivity contribution in [1.82, 2.24) is 20.1 Å². The van der Waals surface area contributed by atoms with Crippen LogP contribution in [0.3, 0.4) is 0 Å². The molecule has 32 heavy (non-hydrogen) atoms. The molecule has 0 saturated carbocycles. The third-order valence-corrected chi connectivity index (χ3v) is 6.32. The molecule has 0 bridgehead atoms. The number of nitrogens with zero attached hydrogens (tertiary/aromatic N) is 3. The number of halogens is 2. The summed E-state index contributed by atoms with van der Waals surface area (Å²) in [5.41, 5.74) is 4.57. The molecule has 4 aromatic rings. The fourth-order valence-corrected chi connectivity index (χ4v) is 4.39. The molecule has 1 unspecified atom stereocenters. The Bertz CT molecular complexity index is 1320. The number of H-pyrrole nitrogens is 1. The normalized spacial score (nSPS) is 15.3. The van der Waals surface area contributed by atoms with Gasteiger partial charge in [-0.2, -0.15) is 5.10 Å². The monoisotopic (exact) mass is 464 g/mol. The molecule has 0 fully saturated rings. The summed E-state index contributed by atoms with van der Waals surface area (Å²) in [6.45, 7) is 2.18. The van der Waals surface area contributed by atoms with Gasteiger partial charge in [0.2, 0.25) is 0 Å². The van der Waals surface area contributed by atoms with E-state index in [1.807, 2.05) is 31.2 Å². The number of aromatic hydroxyl groups is 1. The molecular weight excluding hydrogens is 447 g/mol. The minimum absolute atomic E-state index is 0.0502. The van der Waals surface area contributed by atoms with Gasteiger partial charge in [-0.3, -0.25) is 14.9 Å². The Kier molecular flexibility index (Phi) is 5.12. The average molecular weight is 465 g/mol. The standard InChI is InChI=1S/C24H18Cl2N4O2/c1-13-9-19(31)17(10-18(13)26)21-20-22(29-28-21)24(32)30(12-14-3-2-8-27-11-14)23(20)15-4-6-16(25)7-5-15/h2-11,23,31H,12H2,1H3,(H,28,29). The van der Waals surface area contributed by atoms with Crippen molar-refractivity contribution in [3.8, 4) is 17.0 Å². The maximum Gasteiger partial charge on any atom is 0.273 e. The summed E-state index contributed by atoms with van der Waals surface area (Å²) in [7, 11) is 0. The molecule has 0 saturated heterocycles. The summed E-state index contributed by atoms with van der Waals surface area (Å²) in [5.74, 6) is -0.130. The third kappa shape index (κ3) is 3.42. The first-order valence-corrected chi connectivity index (χ1v) is 10.7. The highest BCUT2D eigenvalue weighted by molar-refractivity contribution is 6.31. The zero-order valence-electron chi connectivity index (χ0n) is 17.0. The summed E-state index contributed by atoms with van der Waals surface area (Å²) in [4.78, 5) is 19.4. The van der Waals surface area contributed by atoms with Crippen LogP contribution in [0.2, 0.25) is 10.0 Å². The highest BCUT2D eigenvalue weighted by atomic mass is 35.5. The van der Waals surface area contributed by atoms with Crippen LogP contribution in [0.4, 0.5) is 0 Å². The van der Waals surface area contributed by atoms with Crippen molar-refractivity contribution >= 4 is 29.1 Å². The van der Waals surface area contributed by atoms with Gasteiger partial charge < -0.3 is 10.0 Å². The van der Waals surface area contributed by atoms with E-state index in [9.17, 15) is 9.90 Å². The lowest BCUT2D eigenvalue weighted by atomic mass is 9.95. The topological polar surface area (TPSA) is 82.1 Å². The van der Waals surface area contributed by atoms with Crippen molar-refractivity contribution in [3.63, 3.8) is 0 Å². The first kappa shape index (κ1) is 20.5. The number of pyridine rings is 1. The van der Waals surface area contributed by atoms with E-state index in [4.69, 9.17) is 23.2 Å². The van der Waals surface area contributed by atoms with Crippen LogP contribution in [-0.2, 0) is 6.54 Å². The lowest BCUT2D eigenvalue weighted by Gasteiger charge is -2.26. The molecule has 8 heteroatoms. The van der Waals surface area contributed by atoms with E-state index in [2.05, 4.69) is 15.2 Å². The van der Waals surface area contributed by atoms with E-state index >= 15 is 0 Å². The number of hydrogen-bond acceptors (Lipinski definition) is 4. The molecule has 2 N–H and O–H groups in total. The predicted molar refractivity (Wildman–Crippen MR) is 123 cm³/mol. The van der Waals surface area contributed by atoms with Gasteiger partial charge in [-0.05, 0) is 53.9 Å². The number of fused-ring (bicyclic) bond motifs is 1. The number of phenols is 1. The second-order valence-electron chi connectivity index (χ2n) is 7.73. The molecule has 0 aliphatic carbocycles. The summed E-state index contributed by atoms with van der Waals surface area (Å²) in [6.07, 6.45) is 3.43. The number of aromatic amines is 1. The van der Waals surface area contributed by atoms with Crippen LogP contribution in [0.5, 0.6) is 5.75 Å². The zero-order chi connectivity index (χ0) is 22.4. The summed E-state index contributed by atoms with van der Waals surface area (Å²) >= 11 is 12.5. The molecule has 2 aromatic carbocycles. The molecule has 2 aromatic heterocycles. The molecule has 5 rings (SSSR count). The highest BCUT2D eigenvalue weighted by Crippen LogP contribution is 2.46. The molecule has 0 radical (unpaired) electrons. The molecule has 160 valence electrons. The Balaban J connectivity index is 1.68. The van der Waals surface area contributed by atoms with Gasteiger partial charge in [0.25, 0.3) is 5.91 Å². The van der Waals surface area contributed by atoms with Crippen molar-refractivity contribution in [2.45, 2.75) is 19.5 Å². The Morgan fingerprint density at radius 3 is 2.66 bits per heavy atom. The maximum absolute atomic E-state index is 13.4. The van der Waals surface area contributed by atoms with Gasteiger partial charge >= 0.3 is 0 Å². The van der Waals surface area contributed by atoms with Gasteiger partial charge in [0, 0.05) is 40.1 Å². The fraction of sp³-hybridized carbons (Fsp3) is 0.125. The van der Waals surface area contributed by atoms with Crippen molar-refractivity contribution in [2.24, 2.45) is 0 Å². The second-order valence-corrected chi connectivity index (χ2v) is 8.57. The van der Waals surface area contributed by atoms with E-state index in [0.29, 0.717) is 39.1 Å². The first-order valence-electron chi connectivity index (χ1n) is 9.97.